The minimum atomic E-state index is -3.88. The third-order valence-corrected chi connectivity index (χ3v) is 4.37. The summed E-state index contributed by atoms with van der Waals surface area (Å²) in [5, 5.41) is 0. The van der Waals surface area contributed by atoms with E-state index in [0.717, 1.165) is 5.56 Å². The van der Waals surface area contributed by atoms with Gasteiger partial charge in [0.25, 0.3) is 0 Å². The number of benzene rings is 1. The Morgan fingerprint density at radius 2 is 1.95 bits per heavy atom. The number of esters is 1. The van der Waals surface area contributed by atoms with Gasteiger partial charge < -0.3 is 10.5 Å². The molecule has 0 aromatic heterocycles. The second kappa shape index (κ2) is 6.23. The second-order valence-corrected chi connectivity index (χ2v) is 6.59. The van der Waals surface area contributed by atoms with Gasteiger partial charge in [0.1, 0.15) is 10.9 Å². The fraction of sp³-hybridized carbons (Fsp3) is 0.462. The van der Waals surface area contributed by atoms with Gasteiger partial charge in [-0.1, -0.05) is 19.9 Å². The normalized spacial score (nSPS) is 13.2. The maximum absolute atomic E-state index is 12.3. The number of aryl methyl sites for hydroxylation is 1. The minimum absolute atomic E-state index is 0.0438. The van der Waals surface area contributed by atoms with Crippen LogP contribution in [0.15, 0.2) is 23.1 Å². The Kier molecular flexibility index (Phi) is 5.13. The molecule has 1 atom stereocenters. The van der Waals surface area contributed by atoms with Crippen molar-refractivity contribution in [3.05, 3.63) is 23.8 Å². The van der Waals surface area contributed by atoms with Crippen molar-refractivity contribution in [2.75, 3.05) is 12.8 Å². The molecule has 0 heterocycles. The molecule has 6 nitrogen and oxygen atoms in total. The van der Waals surface area contributed by atoms with Crippen molar-refractivity contribution in [1.82, 2.24) is 4.72 Å². The standard InChI is InChI=1S/C13H20N2O4S/c1-8(2)12(13(16)19-4)15-20(17,18)11-6-5-9(3)7-10(11)14/h5-8,12,15H,14H2,1-4H3. The van der Waals surface area contributed by atoms with E-state index >= 15 is 0 Å². The number of methoxy groups -OCH3 is 1. The molecule has 0 bridgehead atoms. The van der Waals surface area contributed by atoms with Crippen molar-refractivity contribution in [2.24, 2.45) is 5.92 Å². The van der Waals surface area contributed by atoms with Crippen LogP contribution in [-0.4, -0.2) is 27.5 Å². The SMILES string of the molecule is COC(=O)C(NS(=O)(=O)c1ccc(C)cc1N)C(C)C. The van der Waals surface area contributed by atoms with E-state index in [1.54, 1.807) is 26.0 Å². The summed E-state index contributed by atoms with van der Waals surface area (Å²) in [6, 6.07) is 3.68. The number of hydrogen-bond donors (Lipinski definition) is 2. The minimum Gasteiger partial charge on any atom is -0.468 e. The van der Waals surface area contributed by atoms with E-state index in [1.165, 1.54) is 13.2 Å². The van der Waals surface area contributed by atoms with Crippen LogP contribution in [0.4, 0.5) is 5.69 Å². The van der Waals surface area contributed by atoms with Gasteiger partial charge in [-0.2, -0.15) is 4.72 Å². The van der Waals surface area contributed by atoms with Crippen LogP contribution in [0.3, 0.4) is 0 Å². The number of carbonyl (C=O) groups excluding carboxylic acids is 1. The van der Waals surface area contributed by atoms with Gasteiger partial charge in [-0.05, 0) is 30.5 Å². The van der Waals surface area contributed by atoms with Gasteiger partial charge in [-0.25, -0.2) is 8.42 Å². The molecule has 112 valence electrons. The van der Waals surface area contributed by atoms with Crippen LogP contribution in [0, 0.1) is 12.8 Å². The topological polar surface area (TPSA) is 98.5 Å². The molecule has 1 unspecified atom stereocenters. The zero-order valence-corrected chi connectivity index (χ0v) is 12.8. The third-order valence-electron chi connectivity index (χ3n) is 2.86. The molecule has 0 aliphatic rings. The number of carbonyl (C=O) groups is 1. The summed E-state index contributed by atoms with van der Waals surface area (Å²) in [5.74, 6) is -0.877. The highest BCUT2D eigenvalue weighted by Gasteiger charge is 2.29. The number of nitrogens with two attached hydrogens (primary N) is 1. The average molecular weight is 300 g/mol. The van der Waals surface area contributed by atoms with E-state index in [4.69, 9.17) is 5.73 Å². The molecule has 0 radical (unpaired) electrons. The number of hydrogen-bond acceptors (Lipinski definition) is 5. The van der Waals surface area contributed by atoms with E-state index in [1.807, 2.05) is 6.92 Å². The van der Waals surface area contributed by atoms with Crippen LogP contribution in [0.25, 0.3) is 0 Å². The van der Waals surface area contributed by atoms with E-state index in [2.05, 4.69) is 9.46 Å². The molecule has 0 aliphatic carbocycles. The molecule has 1 rings (SSSR count). The Balaban J connectivity index is 3.13. The highest BCUT2D eigenvalue weighted by Crippen LogP contribution is 2.20. The smallest absolute Gasteiger partial charge is 0.324 e. The van der Waals surface area contributed by atoms with Crippen LogP contribution >= 0.6 is 0 Å². The molecular weight excluding hydrogens is 280 g/mol. The van der Waals surface area contributed by atoms with Gasteiger partial charge >= 0.3 is 5.97 Å². The molecule has 0 spiro atoms. The molecule has 3 N–H and O–H groups in total. The largest absolute Gasteiger partial charge is 0.468 e. The summed E-state index contributed by atoms with van der Waals surface area (Å²) in [5.41, 5.74) is 6.73. The molecule has 0 amide bonds. The summed E-state index contributed by atoms with van der Waals surface area (Å²) >= 11 is 0. The monoisotopic (exact) mass is 300 g/mol. The fourth-order valence-corrected chi connectivity index (χ4v) is 3.17. The number of anilines is 1. The van der Waals surface area contributed by atoms with Crippen molar-refractivity contribution in [2.45, 2.75) is 31.7 Å². The van der Waals surface area contributed by atoms with Crippen molar-refractivity contribution >= 4 is 21.7 Å². The lowest BCUT2D eigenvalue weighted by Crippen LogP contribution is -2.45. The number of ether oxygens (including phenoxy) is 1. The molecule has 1 aromatic rings. The molecule has 7 heteroatoms. The lowest BCUT2D eigenvalue weighted by atomic mass is 10.1. The van der Waals surface area contributed by atoms with Crippen LogP contribution in [-0.2, 0) is 19.6 Å². The molecule has 0 saturated carbocycles. The fourth-order valence-electron chi connectivity index (χ4n) is 1.73. The summed E-state index contributed by atoms with van der Waals surface area (Å²) in [6.45, 7) is 5.26. The number of nitrogens with one attached hydrogen (secondary N) is 1. The Labute approximate surface area is 119 Å². The summed E-state index contributed by atoms with van der Waals surface area (Å²) < 4.78 is 31.5. The van der Waals surface area contributed by atoms with E-state index in [0.29, 0.717) is 0 Å². The molecule has 0 fully saturated rings. The first kappa shape index (κ1) is 16.5. The Hall–Kier alpha value is -1.60. The molecule has 1 aromatic carbocycles. The first-order valence-electron chi connectivity index (χ1n) is 6.15. The summed E-state index contributed by atoms with van der Waals surface area (Å²) in [4.78, 5) is 11.6. The maximum Gasteiger partial charge on any atom is 0.324 e. The summed E-state index contributed by atoms with van der Waals surface area (Å²) in [6.07, 6.45) is 0. The Morgan fingerprint density at radius 3 is 2.40 bits per heavy atom. The zero-order chi connectivity index (χ0) is 15.5. The van der Waals surface area contributed by atoms with Crippen molar-refractivity contribution in [1.29, 1.82) is 0 Å². The van der Waals surface area contributed by atoms with E-state index in [-0.39, 0.29) is 16.5 Å². The predicted molar refractivity (Wildman–Crippen MR) is 76.6 cm³/mol. The number of rotatable bonds is 5. The number of sulfonamides is 1. The highest BCUT2D eigenvalue weighted by atomic mass is 32.2. The third kappa shape index (κ3) is 3.71. The quantitative estimate of drug-likeness (QED) is 0.625. The first-order valence-corrected chi connectivity index (χ1v) is 7.63. The zero-order valence-electron chi connectivity index (χ0n) is 12.0. The molecular formula is C13H20N2O4S. The van der Waals surface area contributed by atoms with Gasteiger partial charge in [-0.3, -0.25) is 4.79 Å². The molecule has 0 aliphatic heterocycles. The maximum atomic E-state index is 12.3. The van der Waals surface area contributed by atoms with Crippen molar-refractivity contribution in [3.63, 3.8) is 0 Å². The van der Waals surface area contributed by atoms with Gasteiger partial charge in [0.2, 0.25) is 10.0 Å². The van der Waals surface area contributed by atoms with Gasteiger partial charge in [0, 0.05) is 0 Å². The van der Waals surface area contributed by atoms with Crippen LogP contribution < -0.4 is 10.5 Å². The first-order chi connectivity index (χ1) is 9.19. The Morgan fingerprint density at radius 1 is 1.35 bits per heavy atom. The van der Waals surface area contributed by atoms with E-state index < -0.39 is 22.0 Å². The van der Waals surface area contributed by atoms with Gasteiger partial charge in [0.05, 0.1) is 12.8 Å². The highest BCUT2D eigenvalue weighted by molar-refractivity contribution is 7.89. The Bertz CT molecular complexity index is 596. The molecule has 0 saturated heterocycles. The second-order valence-electron chi connectivity index (χ2n) is 4.91. The lowest BCUT2D eigenvalue weighted by molar-refractivity contribution is -0.143. The van der Waals surface area contributed by atoms with Crippen molar-refractivity contribution in [3.8, 4) is 0 Å². The van der Waals surface area contributed by atoms with Crippen molar-refractivity contribution < 1.29 is 17.9 Å². The summed E-state index contributed by atoms with van der Waals surface area (Å²) in [7, 11) is -2.67. The van der Waals surface area contributed by atoms with E-state index in [9.17, 15) is 13.2 Å². The van der Waals surface area contributed by atoms with Crippen LogP contribution in [0.5, 0.6) is 0 Å². The van der Waals surface area contributed by atoms with Gasteiger partial charge in [-0.15, -0.1) is 0 Å². The van der Waals surface area contributed by atoms with Crippen LogP contribution in [0.2, 0.25) is 0 Å². The van der Waals surface area contributed by atoms with Crippen LogP contribution in [0.1, 0.15) is 19.4 Å². The molecule has 20 heavy (non-hydrogen) atoms. The lowest BCUT2D eigenvalue weighted by Gasteiger charge is -2.20. The number of nitrogen functional groups attached to an aromatic ring is 1. The van der Waals surface area contributed by atoms with Gasteiger partial charge in [0.15, 0.2) is 0 Å². The predicted octanol–water partition coefficient (Wildman–Crippen LogP) is 1.05. The average Bonchev–Trinajstić information content (AvgIpc) is 2.34.